The summed E-state index contributed by atoms with van der Waals surface area (Å²) < 4.78 is 36.5. The SMILES string of the molecule is CC(CC(F)(F)F)NC(C)c1c(O)cccc1O. The molecule has 1 rings (SSSR count). The molecule has 2 unspecified atom stereocenters. The molecule has 0 aromatic heterocycles. The first-order chi connectivity index (χ1) is 8.20. The molecular weight excluding hydrogens is 247 g/mol. The summed E-state index contributed by atoms with van der Waals surface area (Å²) in [6.07, 6.45) is -5.21. The molecule has 1 aromatic carbocycles. The first-order valence-electron chi connectivity index (χ1n) is 5.54. The summed E-state index contributed by atoms with van der Waals surface area (Å²) in [5, 5.41) is 21.9. The van der Waals surface area contributed by atoms with Crippen molar-refractivity contribution >= 4 is 0 Å². The molecule has 0 fully saturated rings. The second-order valence-electron chi connectivity index (χ2n) is 4.32. The van der Waals surface area contributed by atoms with Gasteiger partial charge in [-0.05, 0) is 26.0 Å². The Balaban J connectivity index is 2.74. The Morgan fingerprint density at radius 2 is 1.67 bits per heavy atom. The van der Waals surface area contributed by atoms with E-state index in [1.165, 1.54) is 25.1 Å². The lowest BCUT2D eigenvalue weighted by Gasteiger charge is -2.22. The minimum Gasteiger partial charge on any atom is -0.507 e. The highest BCUT2D eigenvalue weighted by Gasteiger charge is 2.30. The van der Waals surface area contributed by atoms with Crippen LogP contribution in [0, 0.1) is 0 Å². The molecule has 0 radical (unpaired) electrons. The van der Waals surface area contributed by atoms with E-state index in [0.717, 1.165) is 0 Å². The number of aromatic hydroxyl groups is 2. The van der Waals surface area contributed by atoms with E-state index in [4.69, 9.17) is 0 Å². The summed E-state index contributed by atoms with van der Waals surface area (Å²) in [5.74, 6) is -0.289. The van der Waals surface area contributed by atoms with E-state index < -0.39 is 24.7 Å². The summed E-state index contributed by atoms with van der Waals surface area (Å²) in [6, 6.07) is 2.83. The number of hydrogen-bond acceptors (Lipinski definition) is 3. The molecule has 3 N–H and O–H groups in total. The van der Waals surface area contributed by atoms with Crippen molar-refractivity contribution in [3.63, 3.8) is 0 Å². The second kappa shape index (κ2) is 5.48. The Hall–Kier alpha value is -1.43. The standard InChI is InChI=1S/C12H16F3NO2/c1-7(6-12(13,14)15)16-8(2)11-9(17)4-3-5-10(11)18/h3-5,7-8,16-18H,6H2,1-2H3. The molecule has 0 aliphatic heterocycles. The van der Waals surface area contributed by atoms with Crippen LogP contribution in [0.2, 0.25) is 0 Å². The number of nitrogens with one attached hydrogen (secondary N) is 1. The average molecular weight is 263 g/mol. The van der Waals surface area contributed by atoms with Gasteiger partial charge in [0, 0.05) is 12.1 Å². The minimum atomic E-state index is -4.24. The zero-order valence-electron chi connectivity index (χ0n) is 10.1. The zero-order valence-corrected chi connectivity index (χ0v) is 10.1. The van der Waals surface area contributed by atoms with Crippen molar-refractivity contribution in [2.45, 2.75) is 38.5 Å². The highest BCUT2D eigenvalue weighted by molar-refractivity contribution is 5.44. The van der Waals surface area contributed by atoms with E-state index in [1.54, 1.807) is 6.92 Å². The first kappa shape index (κ1) is 14.6. The van der Waals surface area contributed by atoms with Crippen molar-refractivity contribution in [3.05, 3.63) is 23.8 Å². The molecule has 2 atom stereocenters. The molecule has 6 heteroatoms. The Morgan fingerprint density at radius 3 is 2.11 bits per heavy atom. The summed E-state index contributed by atoms with van der Waals surface area (Å²) in [6.45, 7) is 2.99. The van der Waals surface area contributed by atoms with Crippen molar-refractivity contribution in [1.82, 2.24) is 5.32 Å². The van der Waals surface area contributed by atoms with E-state index in [0.29, 0.717) is 0 Å². The van der Waals surface area contributed by atoms with Crippen LogP contribution in [-0.2, 0) is 0 Å². The molecule has 1 aromatic rings. The summed E-state index contributed by atoms with van der Waals surface area (Å²) >= 11 is 0. The monoisotopic (exact) mass is 263 g/mol. The third-order valence-electron chi connectivity index (χ3n) is 2.57. The lowest BCUT2D eigenvalue weighted by atomic mass is 10.0. The molecule has 3 nitrogen and oxygen atoms in total. The second-order valence-corrected chi connectivity index (χ2v) is 4.32. The fraction of sp³-hybridized carbons (Fsp3) is 0.500. The molecule has 18 heavy (non-hydrogen) atoms. The van der Waals surface area contributed by atoms with Crippen LogP contribution < -0.4 is 5.32 Å². The van der Waals surface area contributed by atoms with Crippen molar-refractivity contribution in [3.8, 4) is 11.5 Å². The zero-order chi connectivity index (χ0) is 13.9. The highest BCUT2D eigenvalue weighted by Crippen LogP contribution is 2.33. The average Bonchev–Trinajstić information content (AvgIpc) is 2.13. The Kier molecular flexibility index (Phi) is 4.45. The lowest BCUT2D eigenvalue weighted by molar-refractivity contribution is -0.139. The molecule has 0 spiro atoms. The number of phenolic OH excluding ortho intramolecular Hbond substituents is 2. The van der Waals surface area contributed by atoms with Gasteiger partial charge >= 0.3 is 6.18 Å². The van der Waals surface area contributed by atoms with Crippen LogP contribution in [0.15, 0.2) is 18.2 Å². The van der Waals surface area contributed by atoms with Gasteiger partial charge in [-0.2, -0.15) is 13.2 Å². The van der Waals surface area contributed by atoms with Gasteiger partial charge in [-0.25, -0.2) is 0 Å². The van der Waals surface area contributed by atoms with Crippen LogP contribution in [0.4, 0.5) is 13.2 Å². The fourth-order valence-corrected chi connectivity index (χ4v) is 1.90. The molecule has 0 aliphatic carbocycles. The van der Waals surface area contributed by atoms with Gasteiger partial charge in [0.1, 0.15) is 11.5 Å². The Labute approximate surface area is 103 Å². The smallest absolute Gasteiger partial charge is 0.390 e. The number of phenols is 2. The van der Waals surface area contributed by atoms with Gasteiger partial charge in [-0.3, -0.25) is 0 Å². The summed E-state index contributed by atoms with van der Waals surface area (Å²) in [5.41, 5.74) is 0.200. The lowest BCUT2D eigenvalue weighted by Crippen LogP contribution is -2.33. The normalized spacial score (nSPS) is 15.4. The highest BCUT2D eigenvalue weighted by atomic mass is 19.4. The third-order valence-corrected chi connectivity index (χ3v) is 2.57. The maximum absolute atomic E-state index is 12.2. The maximum atomic E-state index is 12.2. The van der Waals surface area contributed by atoms with Crippen LogP contribution in [0.25, 0.3) is 0 Å². The third kappa shape index (κ3) is 4.10. The Morgan fingerprint density at radius 1 is 1.17 bits per heavy atom. The topological polar surface area (TPSA) is 52.5 Å². The summed E-state index contributed by atoms with van der Waals surface area (Å²) in [4.78, 5) is 0. The predicted octanol–water partition coefficient (Wildman–Crippen LogP) is 3.09. The Bertz CT molecular complexity index is 387. The van der Waals surface area contributed by atoms with Crippen molar-refractivity contribution in [2.75, 3.05) is 0 Å². The molecule has 0 bridgehead atoms. The van der Waals surface area contributed by atoms with E-state index in [1.807, 2.05) is 0 Å². The van der Waals surface area contributed by atoms with Crippen molar-refractivity contribution in [2.24, 2.45) is 0 Å². The number of alkyl halides is 3. The van der Waals surface area contributed by atoms with Crippen molar-refractivity contribution in [1.29, 1.82) is 0 Å². The molecule has 0 saturated heterocycles. The van der Waals surface area contributed by atoms with Gasteiger partial charge in [0.15, 0.2) is 0 Å². The van der Waals surface area contributed by atoms with Gasteiger partial charge in [0.25, 0.3) is 0 Å². The van der Waals surface area contributed by atoms with E-state index in [-0.39, 0.29) is 17.1 Å². The summed E-state index contributed by atoms with van der Waals surface area (Å²) in [7, 11) is 0. The number of halogens is 3. The predicted molar refractivity (Wildman–Crippen MR) is 61.5 cm³/mol. The van der Waals surface area contributed by atoms with Gasteiger partial charge in [0.2, 0.25) is 0 Å². The van der Waals surface area contributed by atoms with Crippen LogP contribution in [0.3, 0.4) is 0 Å². The minimum absolute atomic E-state index is 0.144. The fourth-order valence-electron chi connectivity index (χ4n) is 1.90. The molecule has 0 aliphatic rings. The van der Waals surface area contributed by atoms with Gasteiger partial charge in [-0.15, -0.1) is 0 Å². The van der Waals surface area contributed by atoms with E-state index in [9.17, 15) is 23.4 Å². The molecular formula is C12H16F3NO2. The van der Waals surface area contributed by atoms with Crippen LogP contribution in [0.1, 0.15) is 31.9 Å². The van der Waals surface area contributed by atoms with E-state index >= 15 is 0 Å². The molecule has 0 amide bonds. The molecule has 0 heterocycles. The van der Waals surface area contributed by atoms with E-state index in [2.05, 4.69) is 5.32 Å². The largest absolute Gasteiger partial charge is 0.507 e. The maximum Gasteiger partial charge on any atom is 0.390 e. The van der Waals surface area contributed by atoms with Crippen LogP contribution in [-0.4, -0.2) is 22.4 Å². The van der Waals surface area contributed by atoms with Crippen molar-refractivity contribution < 1.29 is 23.4 Å². The number of benzene rings is 1. The molecule has 102 valence electrons. The van der Waals surface area contributed by atoms with Gasteiger partial charge in [0.05, 0.1) is 12.0 Å². The number of rotatable bonds is 4. The quantitative estimate of drug-likeness (QED) is 0.782. The van der Waals surface area contributed by atoms with Gasteiger partial charge < -0.3 is 15.5 Å². The van der Waals surface area contributed by atoms with Crippen LogP contribution >= 0.6 is 0 Å². The van der Waals surface area contributed by atoms with Crippen LogP contribution in [0.5, 0.6) is 11.5 Å². The molecule has 0 saturated carbocycles. The first-order valence-corrected chi connectivity index (χ1v) is 5.54. The number of hydrogen-bond donors (Lipinski definition) is 3. The van der Waals surface area contributed by atoms with Gasteiger partial charge in [-0.1, -0.05) is 6.07 Å².